The predicted molar refractivity (Wildman–Crippen MR) is 112 cm³/mol. The summed E-state index contributed by atoms with van der Waals surface area (Å²) in [6.07, 6.45) is 3.86. The van der Waals surface area contributed by atoms with Gasteiger partial charge in [-0.2, -0.15) is 0 Å². The predicted octanol–water partition coefficient (Wildman–Crippen LogP) is 4.08. The molecule has 1 N–H and O–H groups in total. The molecule has 156 valence electrons. The third kappa shape index (κ3) is 3.77. The third-order valence-corrected chi connectivity index (χ3v) is 6.24. The molecule has 0 saturated heterocycles. The molecule has 0 saturated carbocycles. The largest absolute Gasteiger partial charge is 0.352 e. The van der Waals surface area contributed by atoms with Crippen molar-refractivity contribution in [1.29, 1.82) is 0 Å². The van der Waals surface area contributed by atoms with Crippen molar-refractivity contribution in [2.75, 3.05) is 0 Å². The zero-order chi connectivity index (χ0) is 21.4. The quantitative estimate of drug-likeness (QED) is 0.472. The molecule has 0 unspecified atom stereocenters. The van der Waals surface area contributed by atoms with Crippen LogP contribution in [0.4, 0.5) is 8.78 Å². The Hall–Kier alpha value is -2.58. The lowest BCUT2D eigenvalue weighted by Gasteiger charge is -2.14. The molecule has 2 aromatic heterocycles. The maximum atomic E-state index is 14.5. The number of aromatic nitrogens is 3. The molecule has 9 heteroatoms. The van der Waals surface area contributed by atoms with Crippen LogP contribution in [0.25, 0.3) is 0 Å². The Labute approximate surface area is 182 Å². The second-order valence-corrected chi connectivity index (χ2v) is 8.09. The van der Waals surface area contributed by atoms with Gasteiger partial charge in [0.2, 0.25) is 5.91 Å². The summed E-state index contributed by atoms with van der Waals surface area (Å²) >= 11 is 11.4. The minimum atomic E-state index is -0.738. The molecule has 1 atom stereocenters. The van der Waals surface area contributed by atoms with Crippen LogP contribution >= 0.6 is 23.8 Å². The van der Waals surface area contributed by atoms with Gasteiger partial charge in [-0.15, -0.1) is 0 Å². The summed E-state index contributed by atoms with van der Waals surface area (Å²) in [5, 5.41) is 2.76. The Morgan fingerprint density at radius 1 is 1.37 bits per heavy atom. The van der Waals surface area contributed by atoms with Crippen LogP contribution in [0.2, 0.25) is 5.02 Å². The van der Waals surface area contributed by atoms with Crippen LogP contribution in [0.3, 0.4) is 0 Å². The lowest BCUT2D eigenvalue weighted by molar-refractivity contribution is -0.120. The average molecular weight is 449 g/mol. The number of carbonyl (C=O) groups is 1. The summed E-state index contributed by atoms with van der Waals surface area (Å²) in [4.78, 5) is 16.6. The zero-order valence-corrected chi connectivity index (χ0v) is 17.7. The number of halogens is 3. The van der Waals surface area contributed by atoms with Crippen molar-refractivity contribution < 1.29 is 13.6 Å². The molecule has 0 aliphatic carbocycles. The third-order valence-electron chi connectivity index (χ3n) is 5.45. The SMILES string of the molecule is Cn1c(CC(=O)NCc2cccnc2)c2n(c1=S)C[C@H](c1c(F)ccc(Cl)c1F)C2. The number of pyridine rings is 1. The smallest absolute Gasteiger partial charge is 0.226 e. The first-order valence-corrected chi connectivity index (χ1v) is 10.2. The molecule has 0 radical (unpaired) electrons. The molecule has 0 bridgehead atoms. The topological polar surface area (TPSA) is 51.9 Å². The second kappa shape index (κ2) is 8.28. The Morgan fingerprint density at radius 3 is 2.90 bits per heavy atom. The van der Waals surface area contributed by atoms with Crippen molar-refractivity contribution in [3.63, 3.8) is 0 Å². The van der Waals surface area contributed by atoms with Gasteiger partial charge < -0.3 is 14.5 Å². The molecule has 1 amide bonds. The first-order valence-electron chi connectivity index (χ1n) is 9.43. The van der Waals surface area contributed by atoms with Crippen LogP contribution in [0.15, 0.2) is 36.7 Å². The normalized spacial score (nSPS) is 15.3. The van der Waals surface area contributed by atoms with Gasteiger partial charge in [0, 0.05) is 55.4 Å². The number of rotatable bonds is 5. The number of imidazole rings is 1. The summed E-state index contributed by atoms with van der Waals surface area (Å²) in [7, 11) is 1.80. The number of benzene rings is 1. The highest BCUT2D eigenvalue weighted by Crippen LogP contribution is 2.37. The zero-order valence-electron chi connectivity index (χ0n) is 16.2. The van der Waals surface area contributed by atoms with E-state index in [2.05, 4.69) is 10.3 Å². The van der Waals surface area contributed by atoms with Crippen molar-refractivity contribution in [2.24, 2.45) is 7.05 Å². The highest BCUT2D eigenvalue weighted by Gasteiger charge is 2.32. The number of fused-ring (bicyclic) bond motifs is 1. The van der Waals surface area contributed by atoms with E-state index in [1.807, 2.05) is 10.6 Å². The van der Waals surface area contributed by atoms with Crippen LogP contribution in [0, 0.1) is 16.4 Å². The molecule has 5 nitrogen and oxygen atoms in total. The van der Waals surface area contributed by atoms with Gasteiger partial charge in [0.15, 0.2) is 4.77 Å². The molecule has 1 aliphatic heterocycles. The van der Waals surface area contributed by atoms with Crippen molar-refractivity contribution in [3.05, 3.63) is 80.6 Å². The summed E-state index contributed by atoms with van der Waals surface area (Å²) in [5.74, 6) is -1.96. The van der Waals surface area contributed by atoms with E-state index >= 15 is 0 Å². The van der Waals surface area contributed by atoms with Gasteiger partial charge in [0.1, 0.15) is 11.6 Å². The van der Waals surface area contributed by atoms with Gasteiger partial charge >= 0.3 is 0 Å². The molecule has 0 spiro atoms. The van der Waals surface area contributed by atoms with E-state index in [9.17, 15) is 13.6 Å². The second-order valence-electron chi connectivity index (χ2n) is 7.32. The Balaban J connectivity index is 1.55. The Morgan fingerprint density at radius 2 is 2.17 bits per heavy atom. The molecule has 1 aliphatic rings. The van der Waals surface area contributed by atoms with Gasteiger partial charge in [-0.3, -0.25) is 9.78 Å². The number of carbonyl (C=O) groups excluding carboxylic acids is 1. The number of amides is 1. The molecular formula is C21H19ClF2N4OS. The molecule has 30 heavy (non-hydrogen) atoms. The van der Waals surface area contributed by atoms with Gasteiger partial charge in [-0.1, -0.05) is 17.7 Å². The van der Waals surface area contributed by atoms with Crippen LogP contribution in [-0.4, -0.2) is 20.0 Å². The summed E-state index contributed by atoms with van der Waals surface area (Å²) in [6.45, 7) is 0.711. The van der Waals surface area contributed by atoms with Crippen molar-refractivity contribution >= 4 is 29.7 Å². The minimum absolute atomic E-state index is 0.0322. The van der Waals surface area contributed by atoms with Gasteiger partial charge in [-0.05, 0) is 42.4 Å². The van der Waals surface area contributed by atoms with Crippen LogP contribution in [0.5, 0.6) is 0 Å². The van der Waals surface area contributed by atoms with Crippen molar-refractivity contribution in [2.45, 2.75) is 31.8 Å². The summed E-state index contributed by atoms with van der Waals surface area (Å²) in [5.41, 5.74) is 2.43. The van der Waals surface area contributed by atoms with Crippen molar-refractivity contribution in [1.82, 2.24) is 19.4 Å². The fraction of sp³-hybridized carbons (Fsp3) is 0.286. The first kappa shape index (κ1) is 20.7. The number of hydrogen-bond acceptors (Lipinski definition) is 3. The maximum Gasteiger partial charge on any atom is 0.226 e. The fourth-order valence-electron chi connectivity index (χ4n) is 3.94. The number of nitrogens with one attached hydrogen (secondary N) is 1. The first-order chi connectivity index (χ1) is 14.4. The highest BCUT2D eigenvalue weighted by atomic mass is 35.5. The molecule has 1 aromatic carbocycles. The van der Waals surface area contributed by atoms with Crippen LogP contribution < -0.4 is 5.32 Å². The van der Waals surface area contributed by atoms with E-state index in [0.717, 1.165) is 17.0 Å². The van der Waals surface area contributed by atoms with E-state index in [1.54, 1.807) is 30.1 Å². The lowest BCUT2D eigenvalue weighted by Crippen LogP contribution is -2.26. The van der Waals surface area contributed by atoms with Gasteiger partial charge in [0.25, 0.3) is 0 Å². The van der Waals surface area contributed by atoms with E-state index < -0.39 is 17.6 Å². The highest BCUT2D eigenvalue weighted by molar-refractivity contribution is 7.71. The fourth-order valence-corrected chi connectivity index (χ4v) is 4.40. The van der Waals surface area contributed by atoms with E-state index in [0.29, 0.717) is 24.3 Å². The van der Waals surface area contributed by atoms with Crippen LogP contribution in [0.1, 0.15) is 28.4 Å². The maximum absolute atomic E-state index is 14.5. The monoisotopic (exact) mass is 448 g/mol. The molecular weight excluding hydrogens is 430 g/mol. The van der Waals surface area contributed by atoms with Gasteiger partial charge in [0.05, 0.1) is 11.4 Å². The Bertz CT molecular complexity index is 1180. The number of hydrogen-bond donors (Lipinski definition) is 1. The molecule has 4 rings (SSSR count). The lowest BCUT2D eigenvalue weighted by atomic mass is 9.95. The van der Waals surface area contributed by atoms with E-state index in [-0.39, 0.29) is 22.9 Å². The summed E-state index contributed by atoms with van der Waals surface area (Å²) in [6, 6.07) is 6.07. The molecule has 3 aromatic rings. The standard InChI is InChI=1S/C21H19ClF2N4OS/c1-27-16(8-18(29)26-10-12-3-2-6-25-9-12)17-7-13(11-28(17)21(27)30)19-15(23)5-4-14(22)20(19)24/h2-6,9,13H,7-8,10-11H2,1H3,(H,26,29)/t13-/m1/s1. The van der Waals surface area contributed by atoms with Crippen LogP contribution in [-0.2, 0) is 37.8 Å². The van der Waals surface area contributed by atoms with Gasteiger partial charge in [-0.25, -0.2) is 8.78 Å². The van der Waals surface area contributed by atoms with Crippen molar-refractivity contribution in [3.8, 4) is 0 Å². The molecule has 3 heterocycles. The Kier molecular flexibility index (Phi) is 5.71. The summed E-state index contributed by atoms with van der Waals surface area (Å²) < 4.78 is 33.0. The molecule has 0 fully saturated rings. The minimum Gasteiger partial charge on any atom is -0.352 e. The van der Waals surface area contributed by atoms with E-state index in [1.165, 1.54) is 12.1 Å². The average Bonchev–Trinajstić information content (AvgIpc) is 3.25. The number of nitrogens with zero attached hydrogens (tertiary/aromatic N) is 3. The van der Waals surface area contributed by atoms with E-state index in [4.69, 9.17) is 23.8 Å².